The van der Waals surface area contributed by atoms with Gasteiger partial charge in [0.2, 0.25) is 0 Å². The van der Waals surface area contributed by atoms with Crippen LogP contribution in [0.5, 0.6) is 0 Å². The molecule has 0 saturated heterocycles. The lowest BCUT2D eigenvalue weighted by atomic mass is 10.0. The van der Waals surface area contributed by atoms with Crippen LogP contribution in [-0.2, 0) is 11.2 Å². The van der Waals surface area contributed by atoms with E-state index >= 15 is 0 Å². The second-order valence-electron chi connectivity index (χ2n) is 6.58. The molecule has 0 atom stereocenters. The molecule has 1 aliphatic rings. The number of fused-ring (bicyclic) bond motifs is 2. The maximum atomic E-state index is 12.9. The van der Waals surface area contributed by atoms with Gasteiger partial charge in [0.1, 0.15) is 0 Å². The van der Waals surface area contributed by atoms with Gasteiger partial charge in [-0.3, -0.25) is 4.79 Å². The lowest BCUT2D eigenvalue weighted by Gasteiger charge is -2.09. The topological polar surface area (TPSA) is 65.1 Å². The van der Waals surface area contributed by atoms with E-state index in [-0.39, 0.29) is 12.5 Å². The molecular weight excluding hydrogens is 428 g/mol. The van der Waals surface area contributed by atoms with E-state index in [0.29, 0.717) is 30.0 Å². The van der Waals surface area contributed by atoms with E-state index in [1.807, 2.05) is 36.4 Å². The highest BCUT2D eigenvalue weighted by Crippen LogP contribution is 2.40. The smallest absolute Gasteiger partial charge is 0.252 e. The fourth-order valence-corrected chi connectivity index (χ4v) is 4.11. The number of rotatable bonds is 5. The van der Waals surface area contributed by atoms with Gasteiger partial charge in [0.05, 0.1) is 5.57 Å². The largest absolute Gasteiger partial charge is 0.396 e. The Kier molecular flexibility index (Phi) is 5.08. The first kappa shape index (κ1) is 18.3. The molecule has 1 aromatic heterocycles. The number of benzene rings is 2. The van der Waals surface area contributed by atoms with Crippen molar-refractivity contribution in [3.63, 3.8) is 0 Å². The molecule has 4 rings (SSSR count). The van der Waals surface area contributed by atoms with Crippen molar-refractivity contribution in [2.45, 2.75) is 12.8 Å². The van der Waals surface area contributed by atoms with Crippen molar-refractivity contribution >= 4 is 55.5 Å². The molecule has 1 aliphatic carbocycles. The summed E-state index contributed by atoms with van der Waals surface area (Å²) in [6.07, 6.45) is 1.21. The van der Waals surface area contributed by atoms with Gasteiger partial charge in [0, 0.05) is 45.7 Å². The van der Waals surface area contributed by atoms with E-state index < -0.39 is 0 Å². The van der Waals surface area contributed by atoms with Crippen molar-refractivity contribution in [2.24, 2.45) is 0 Å². The van der Waals surface area contributed by atoms with Gasteiger partial charge in [-0.15, -0.1) is 0 Å². The van der Waals surface area contributed by atoms with Gasteiger partial charge in [-0.25, -0.2) is 0 Å². The maximum absolute atomic E-state index is 12.9. The number of halogens is 2. The molecule has 0 saturated carbocycles. The number of hydrogen-bond donors (Lipinski definition) is 3. The summed E-state index contributed by atoms with van der Waals surface area (Å²) in [4.78, 5) is 16.3. The molecule has 0 unspecified atom stereocenters. The molecule has 3 N–H and O–H groups in total. The lowest BCUT2D eigenvalue weighted by Crippen LogP contribution is -2.26. The molecule has 0 aliphatic heterocycles. The van der Waals surface area contributed by atoms with Gasteiger partial charge in [-0.2, -0.15) is 0 Å². The SMILES string of the molecule is O=C(NCCCO)C1=C(c2cc3cc(Cl)ccc3[nH]2)Cc2cc(Br)ccc21. The third kappa shape index (κ3) is 3.55. The first-order chi connectivity index (χ1) is 13.1. The Morgan fingerprint density at radius 3 is 2.89 bits per heavy atom. The van der Waals surface area contributed by atoms with Crippen molar-refractivity contribution in [3.8, 4) is 0 Å². The number of allylic oxidation sites excluding steroid dienone is 1. The summed E-state index contributed by atoms with van der Waals surface area (Å²) in [5.41, 5.74) is 5.63. The average Bonchev–Trinajstić information content (AvgIpc) is 3.21. The number of aliphatic hydroxyl groups excluding tert-OH is 1. The number of carbonyl (C=O) groups is 1. The van der Waals surface area contributed by atoms with Gasteiger partial charge in [0.25, 0.3) is 5.91 Å². The Morgan fingerprint density at radius 2 is 2.07 bits per heavy atom. The molecule has 0 bridgehead atoms. The molecule has 1 amide bonds. The molecule has 27 heavy (non-hydrogen) atoms. The zero-order valence-corrected chi connectivity index (χ0v) is 16.8. The Labute approximate surface area is 170 Å². The fourth-order valence-electron chi connectivity index (χ4n) is 3.52. The summed E-state index contributed by atoms with van der Waals surface area (Å²) in [5.74, 6) is -0.115. The monoisotopic (exact) mass is 444 g/mol. The summed E-state index contributed by atoms with van der Waals surface area (Å²) in [5, 5.41) is 13.6. The van der Waals surface area contributed by atoms with Crippen molar-refractivity contribution in [1.82, 2.24) is 10.3 Å². The van der Waals surface area contributed by atoms with Crippen molar-refractivity contribution < 1.29 is 9.90 Å². The van der Waals surface area contributed by atoms with Crippen LogP contribution in [0.4, 0.5) is 0 Å². The molecule has 3 aromatic rings. The standard InChI is InChI=1S/C21H18BrClN2O2/c22-14-2-4-16-12(8-14)10-17(20(16)21(27)24-6-1-7-26)19-11-13-9-15(23)3-5-18(13)25-19/h2-5,8-9,11,25-26H,1,6-7,10H2,(H,24,27). The number of carbonyl (C=O) groups excluding carboxylic acids is 1. The predicted octanol–water partition coefficient (Wildman–Crippen LogP) is 4.55. The third-order valence-electron chi connectivity index (χ3n) is 4.76. The fraction of sp³-hybridized carbons (Fsp3) is 0.190. The summed E-state index contributed by atoms with van der Waals surface area (Å²) >= 11 is 9.63. The van der Waals surface area contributed by atoms with Crippen molar-refractivity contribution in [1.29, 1.82) is 0 Å². The normalized spacial score (nSPS) is 13.3. The average molecular weight is 446 g/mol. The first-order valence-electron chi connectivity index (χ1n) is 8.76. The number of aromatic amines is 1. The van der Waals surface area contributed by atoms with Crippen LogP contribution in [0.3, 0.4) is 0 Å². The Hall–Kier alpha value is -2.08. The van der Waals surface area contributed by atoms with Gasteiger partial charge in [0.15, 0.2) is 0 Å². The quantitative estimate of drug-likeness (QED) is 0.505. The second kappa shape index (κ2) is 7.50. The van der Waals surface area contributed by atoms with Gasteiger partial charge in [-0.1, -0.05) is 33.6 Å². The van der Waals surface area contributed by atoms with Crippen LogP contribution in [0.1, 0.15) is 23.2 Å². The van der Waals surface area contributed by atoms with Crippen LogP contribution in [0.25, 0.3) is 22.0 Å². The number of H-pyrrole nitrogens is 1. The summed E-state index contributed by atoms with van der Waals surface area (Å²) < 4.78 is 0.992. The molecule has 0 radical (unpaired) electrons. The van der Waals surface area contributed by atoms with Gasteiger partial charge < -0.3 is 15.4 Å². The van der Waals surface area contributed by atoms with Crippen LogP contribution in [-0.4, -0.2) is 29.1 Å². The number of hydrogen-bond acceptors (Lipinski definition) is 2. The van der Waals surface area contributed by atoms with Crippen LogP contribution in [0.2, 0.25) is 5.02 Å². The zero-order chi connectivity index (χ0) is 19.0. The second-order valence-corrected chi connectivity index (χ2v) is 7.93. The van der Waals surface area contributed by atoms with Crippen LogP contribution >= 0.6 is 27.5 Å². The van der Waals surface area contributed by atoms with Gasteiger partial charge >= 0.3 is 0 Å². The minimum Gasteiger partial charge on any atom is -0.396 e. The summed E-state index contributed by atoms with van der Waals surface area (Å²) in [7, 11) is 0. The Bertz CT molecular complexity index is 1070. The number of aromatic nitrogens is 1. The molecule has 2 aromatic carbocycles. The third-order valence-corrected chi connectivity index (χ3v) is 5.49. The molecule has 6 heteroatoms. The maximum Gasteiger partial charge on any atom is 0.252 e. The minimum atomic E-state index is -0.115. The highest BCUT2D eigenvalue weighted by atomic mass is 79.9. The summed E-state index contributed by atoms with van der Waals surface area (Å²) in [6.45, 7) is 0.499. The highest BCUT2D eigenvalue weighted by molar-refractivity contribution is 9.10. The van der Waals surface area contributed by atoms with E-state index in [9.17, 15) is 4.79 Å². The number of nitrogens with one attached hydrogen (secondary N) is 2. The zero-order valence-electron chi connectivity index (χ0n) is 14.5. The van der Waals surface area contributed by atoms with Crippen LogP contribution in [0.15, 0.2) is 46.9 Å². The van der Waals surface area contributed by atoms with E-state index in [4.69, 9.17) is 16.7 Å². The Balaban J connectivity index is 1.80. The van der Waals surface area contributed by atoms with Crippen molar-refractivity contribution in [2.75, 3.05) is 13.2 Å². The van der Waals surface area contributed by atoms with E-state index in [0.717, 1.165) is 37.8 Å². The molecular formula is C21H18BrClN2O2. The van der Waals surface area contributed by atoms with E-state index in [2.05, 4.69) is 32.3 Å². The molecule has 0 fully saturated rings. The Morgan fingerprint density at radius 1 is 1.22 bits per heavy atom. The number of amides is 1. The molecule has 0 spiro atoms. The minimum absolute atomic E-state index is 0.0541. The predicted molar refractivity (Wildman–Crippen MR) is 113 cm³/mol. The molecule has 4 nitrogen and oxygen atoms in total. The van der Waals surface area contributed by atoms with Gasteiger partial charge in [-0.05, 0) is 59.5 Å². The molecule has 1 heterocycles. The van der Waals surface area contributed by atoms with E-state index in [1.54, 1.807) is 0 Å². The summed E-state index contributed by atoms with van der Waals surface area (Å²) in [6, 6.07) is 13.7. The highest BCUT2D eigenvalue weighted by Gasteiger charge is 2.28. The van der Waals surface area contributed by atoms with Crippen LogP contribution < -0.4 is 5.32 Å². The molecule has 138 valence electrons. The van der Waals surface area contributed by atoms with E-state index in [1.165, 1.54) is 0 Å². The van der Waals surface area contributed by atoms with Crippen LogP contribution in [0, 0.1) is 0 Å². The van der Waals surface area contributed by atoms with Crippen molar-refractivity contribution in [3.05, 3.63) is 68.8 Å². The number of aliphatic hydroxyl groups is 1. The first-order valence-corrected chi connectivity index (χ1v) is 9.93. The lowest BCUT2D eigenvalue weighted by molar-refractivity contribution is -0.115.